The average molecular weight is 451 g/mol. The molecule has 6 atom stereocenters. The molecule has 0 spiro atoms. The first-order chi connectivity index (χ1) is 10.4. The Morgan fingerprint density at radius 3 is 2.05 bits per heavy atom. The fraction of sp³-hybridized carbons (Fsp3) is 0.600. The lowest BCUT2D eigenvalue weighted by atomic mass is 9.80. The van der Waals surface area contributed by atoms with Crippen LogP contribution >= 0.6 is 31.9 Å². The SMILES string of the molecule is Cc1ccc(S(=O)(=O)N2C3CC4OC(CC2C4Br)C3Br)cc1. The molecule has 1 aromatic carbocycles. The molecular weight excluding hydrogens is 434 g/mol. The Kier molecular flexibility index (Phi) is 3.73. The molecule has 22 heavy (non-hydrogen) atoms. The zero-order valence-corrected chi connectivity index (χ0v) is 16.0. The number of alkyl halides is 2. The van der Waals surface area contributed by atoms with Crippen LogP contribution in [0.1, 0.15) is 18.4 Å². The minimum atomic E-state index is -3.49. The fourth-order valence-electron chi connectivity index (χ4n) is 3.90. The second-order valence-electron chi connectivity index (χ2n) is 6.36. The standard InChI is InChI=1S/C15H17Br2NO3S/c1-8-2-4-9(5-3-8)22(19,20)18-10-6-12-15(17)11(18)7-13(21-12)14(10)16/h2-5,10-15H,6-7H2,1H3. The van der Waals surface area contributed by atoms with Crippen LogP contribution in [0.2, 0.25) is 0 Å². The van der Waals surface area contributed by atoms with E-state index in [2.05, 4.69) is 31.9 Å². The smallest absolute Gasteiger partial charge is 0.243 e. The van der Waals surface area contributed by atoms with E-state index in [0.29, 0.717) is 4.90 Å². The molecule has 4 bridgehead atoms. The fourth-order valence-corrected chi connectivity index (χ4v) is 7.71. The molecule has 7 heteroatoms. The molecule has 5 rings (SSSR count). The molecular formula is C15H17Br2NO3S. The number of sulfonamides is 1. The van der Waals surface area contributed by atoms with Crippen molar-refractivity contribution in [3.05, 3.63) is 29.8 Å². The number of hydrogen-bond acceptors (Lipinski definition) is 3. The maximum absolute atomic E-state index is 13.2. The van der Waals surface area contributed by atoms with E-state index in [4.69, 9.17) is 4.74 Å². The number of hydrogen-bond donors (Lipinski definition) is 0. The second-order valence-corrected chi connectivity index (χ2v) is 10.3. The highest BCUT2D eigenvalue weighted by molar-refractivity contribution is 9.09. The highest BCUT2D eigenvalue weighted by Crippen LogP contribution is 2.49. The molecule has 4 heterocycles. The van der Waals surface area contributed by atoms with Gasteiger partial charge in [-0.1, -0.05) is 49.6 Å². The first kappa shape index (κ1) is 15.6. The van der Waals surface area contributed by atoms with Gasteiger partial charge in [-0.2, -0.15) is 4.31 Å². The number of aryl methyl sites for hydroxylation is 1. The Labute approximate surface area is 147 Å². The van der Waals surface area contributed by atoms with Crippen molar-refractivity contribution in [2.45, 2.75) is 58.6 Å². The number of rotatable bonds is 2. The number of halogens is 2. The monoisotopic (exact) mass is 449 g/mol. The molecule has 0 amide bonds. The zero-order valence-electron chi connectivity index (χ0n) is 12.0. The Morgan fingerprint density at radius 2 is 1.55 bits per heavy atom. The van der Waals surface area contributed by atoms with Gasteiger partial charge in [-0.25, -0.2) is 8.42 Å². The third-order valence-corrected chi connectivity index (χ3v) is 9.36. The molecule has 6 unspecified atom stereocenters. The van der Waals surface area contributed by atoms with Crippen LogP contribution in [0, 0.1) is 6.92 Å². The van der Waals surface area contributed by atoms with Crippen LogP contribution in [-0.4, -0.2) is 46.7 Å². The molecule has 4 nitrogen and oxygen atoms in total. The molecule has 4 aliphatic heterocycles. The van der Waals surface area contributed by atoms with E-state index in [0.717, 1.165) is 18.4 Å². The predicted molar refractivity (Wildman–Crippen MR) is 91.1 cm³/mol. The molecule has 4 fully saturated rings. The minimum absolute atomic E-state index is 0.0254. The van der Waals surface area contributed by atoms with Gasteiger partial charge in [0.1, 0.15) is 0 Å². The molecule has 0 radical (unpaired) electrons. The molecule has 120 valence electrons. The van der Waals surface area contributed by atoms with E-state index < -0.39 is 10.0 Å². The molecule has 0 aliphatic carbocycles. The Morgan fingerprint density at radius 1 is 1.05 bits per heavy atom. The average Bonchev–Trinajstić information content (AvgIpc) is 2.46. The summed E-state index contributed by atoms with van der Waals surface area (Å²) in [5, 5.41) is 0. The van der Waals surface area contributed by atoms with E-state index in [1.54, 1.807) is 16.4 Å². The summed E-state index contributed by atoms with van der Waals surface area (Å²) in [4.78, 5) is 0.520. The third kappa shape index (κ3) is 2.16. The first-order valence-electron chi connectivity index (χ1n) is 7.43. The summed E-state index contributed by atoms with van der Waals surface area (Å²) >= 11 is 7.34. The number of ether oxygens (including phenoxy) is 1. The Balaban J connectivity index is 1.76. The van der Waals surface area contributed by atoms with Gasteiger partial charge in [0.05, 0.1) is 26.8 Å². The Hall–Kier alpha value is 0.0500. The van der Waals surface area contributed by atoms with Gasteiger partial charge in [0, 0.05) is 12.1 Å². The lowest BCUT2D eigenvalue weighted by Crippen LogP contribution is -2.72. The van der Waals surface area contributed by atoms with Crippen molar-refractivity contribution in [3.8, 4) is 0 Å². The van der Waals surface area contributed by atoms with Crippen molar-refractivity contribution >= 4 is 41.9 Å². The lowest BCUT2D eigenvalue weighted by molar-refractivity contribution is -0.148. The van der Waals surface area contributed by atoms with Crippen LogP contribution < -0.4 is 0 Å². The van der Waals surface area contributed by atoms with Crippen molar-refractivity contribution < 1.29 is 13.2 Å². The summed E-state index contributed by atoms with van der Waals surface area (Å²) < 4.78 is 34.1. The lowest BCUT2D eigenvalue weighted by Gasteiger charge is -2.59. The van der Waals surface area contributed by atoms with Gasteiger partial charge >= 0.3 is 0 Å². The number of nitrogens with zero attached hydrogens (tertiary/aromatic N) is 1. The van der Waals surface area contributed by atoms with Crippen LogP contribution in [0.3, 0.4) is 0 Å². The van der Waals surface area contributed by atoms with Crippen LogP contribution in [0.15, 0.2) is 29.2 Å². The third-order valence-electron chi connectivity index (χ3n) is 4.99. The molecule has 0 aromatic heterocycles. The zero-order chi connectivity index (χ0) is 15.6. The molecule has 4 aliphatic rings. The maximum Gasteiger partial charge on any atom is 0.243 e. The summed E-state index contributed by atoms with van der Waals surface area (Å²) in [6, 6.07) is 7.07. The summed E-state index contributed by atoms with van der Waals surface area (Å²) in [7, 11) is -3.49. The van der Waals surface area contributed by atoms with E-state index >= 15 is 0 Å². The summed E-state index contributed by atoms with van der Waals surface area (Å²) in [6.07, 6.45) is 1.72. The van der Waals surface area contributed by atoms with Crippen molar-refractivity contribution in [2.75, 3.05) is 0 Å². The summed E-state index contributed by atoms with van der Waals surface area (Å²) in [6.45, 7) is 1.96. The van der Waals surface area contributed by atoms with E-state index in [1.165, 1.54) is 0 Å². The summed E-state index contributed by atoms with van der Waals surface area (Å²) in [5.41, 5.74) is 1.06. The van der Waals surface area contributed by atoms with E-state index in [-0.39, 0.29) is 33.9 Å². The van der Waals surface area contributed by atoms with Crippen molar-refractivity contribution in [1.82, 2.24) is 4.31 Å². The van der Waals surface area contributed by atoms with E-state index in [9.17, 15) is 8.42 Å². The normalized spacial score (nSPS) is 41.0. The van der Waals surface area contributed by atoms with Crippen LogP contribution in [0.5, 0.6) is 0 Å². The van der Waals surface area contributed by atoms with Gasteiger partial charge in [0.15, 0.2) is 0 Å². The van der Waals surface area contributed by atoms with Gasteiger partial charge in [-0.15, -0.1) is 0 Å². The predicted octanol–water partition coefficient (Wildman–Crippen LogP) is 2.82. The highest BCUT2D eigenvalue weighted by atomic mass is 79.9. The topological polar surface area (TPSA) is 46.6 Å². The van der Waals surface area contributed by atoms with Crippen LogP contribution in [0.4, 0.5) is 0 Å². The molecule has 4 saturated heterocycles. The number of benzene rings is 1. The minimum Gasteiger partial charge on any atom is -0.372 e. The summed E-state index contributed by atoms with van der Waals surface area (Å²) in [5.74, 6) is 0. The second kappa shape index (κ2) is 5.28. The van der Waals surface area contributed by atoms with Crippen molar-refractivity contribution in [1.29, 1.82) is 0 Å². The van der Waals surface area contributed by atoms with Gasteiger partial charge in [-0.3, -0.25) is 0 Å². The van der Waals surface area contributed by atoms with Crippen molar-refractivity contribution in [3.63, 3.8) is 0 Å². The van der Waals surface area contributed by atoms with E-state index in [1.807, 2.05) is 19.1 Å². The Bertz CT molecular complexity index is 671. The highest BCUT2D eigenvalue weighted by Gasteiger charge is 2.60. The number of piperidine rings is 2. The van der Waals surface area contributed by atoms with Gasteiger partial charge < -0.3 is 4.74 Å². The van der Waals surface area contributed by atoms with Crippen LogP contribution in [-0.2, 0) is 14.8 Å². The van der Waals surface area contributed by atoms with Crippen LogP contribution in [0.25, 0.3) is 0 Å². The maximum atomic E-state index is 13.2. The van der Waals surface area contributed by atoms with Gasteiger partial charge in [0.2, 0.25) is 10.0 Å². The largest absolute Gasteiger partial charge is 0.372 e. The first-order valence-corrected chi connectivity index (χ1v) is 10.7. The molecule has 1 aromatic rings. The molecule has 0 N–H and O–H groups in total. The van der Waals surface area contributed by atoms with Gasteiger partial charge in [-0.05, 0) is 31.9 Å². The quantitative estimate of drug-likeness (QED) is 0.651. The molecule has 0 saturated carbocycles. The van der Waals surface area contributed by atoms with Gasteiger partial charge in [0.25, 0.3) is 0 Å². The van der Waals surface area contributed by atoms with Crippen molar-refractivity contribution in [2.24, 2.45) is 0 Å².